The minimum atomic E-state index is -2.06. The summed E-state index contributed by atoms with van der Waals surface area (Å²) in [5, 5.41) is 13.2. The van der Waals surface area contributed by atoms with Crippen LogP contribution in [0.1, 0.15) is 76.8 Å². The van der Waals surface area contributed by atoms with Crippen molar-refractivity contribution in [2.24, 2.45) is 0 Å². The van der Waals surface area contributed by atoms with Crippen molar-refractivity contribution in [3.05, 3.63) is 103 Å². The molecule has 0 radical (unpaired) electrons. The van der Waals surface area contributed by atoms with E-state index in [0.29, 0.717) is 0 Å². The molecule has 4 rings (SSSR count). The first-order valence-electron chi connectivity index (χ1n) is 14.9. The van der Waals surface area contributed by atoms with Gasteiger partial charge in [0, 0.05) is 0 Å². The van der Waals surface area contributed by atoms with Crippen LogP contribution in [0, 0.1) is 0 Å². The molecule has 0 saturated carbocycles. The topological polar surface area (TPSA) is 30.7 Å². The summed E-state index contributed by atoms with van der Waals surface area (Å²) in [5.74, 6) is 0. The molecule has 0 aliphatic rings. The third-order valence-corrected chi connectivity index (χ3v) is 12.9. The third-order valence-electron chi connectivity index (χ3n) is 7.86. The molecule has 4 aromatic rings. The monoisotopic (exact) mass is 527 g/mol. The molecule has 1 heterocycles. The number of hydrogen-bond acceptors (Lipinski definition) is 2. The molecule has 0 spiro atoms. The zero-order valence-electron chi connectivity index (χ0n) is 23.3. The van der Waals surface area contributed by atoms with E-state index in [0.717, 1.165) is 18.7 Å². The van der Waals surface area contributed by atoms with Gasteiger partial charge in [0.25, 0.3) is 0 Å². The van der Waals surface area contributed by atoms with Gasteiger partial charge in [-0.3, -0.25) is 0 Å². The van der Waals surface area contributed by atoms with Crippen LogP contribution in [0.4, 0.5) is 0 Å². The molecule has 202 valence electrons. The summed E-state index contributed by atoms with van der Waals surface area (Å²) in [6.07, 6.45) is 17.3. The van der Waals surface area contributed by atoms with Crippen LogP contribution < -0.4 is 15.9 Å². The summed E-state index contributed by atoms with van der Waals surface area (Å²) in [6, 6.07) is 34.0. The molecule has 0 fully saturated rings. The number of hydrogen-bond donors (Lipinski definition) is 0. The van der Waals surface area contributed by atoms with Crippen LogP contribution in [0.15, 0.2) is 97.2 Å². The van der Waals surface area contributed by atoms with E-state index in [4.69, 9.17) is 0 Å². The van der Waals surface area contributed by atoms with Crippen LogP contribution >= 0.6 is 7.26 Å². The van der Waals surface area contributed by atoms with E-state index in [2.05, 4.69) is 114 Å². The van der Waals surface area contributed by atoms with E-state index in [1.165, 1.54) is 86.3 Å². The number of benzene rings is 3. The number of rotatable bonds is 17. The van der Waals surface area contributed by atoms with E-state index in [1.807, 2.05) is 4.68 Å². The van der Waals surface area contributed by atoms with Crippen LogP contribution in [0.5, 0.6) is 0 Å². The fourth-order valence-corrected chi connectivity index (χ4v) is 10.7. The van der Waals surface area contributed by atoms with Gasteiger partial charge in [-0.05, 0) is 12.8 Å². The maximum atomic E-state index is 4.30. The van der Waals surface area contributed by atoms with Crippen molar-refractivity contribution >= 4 is 23.2 Å². The maximum absolute atomic E-state index is 4.30. The van der Waals surface area contributed by atoms with Crippen molar-refractivity contribution in [2.45, 2.75) is 84.1 Å². The molecule has 0 saturated heterocycles. The van der Waals surface area contributed by atoms with Crippen molar-refractivity contribution in [3.8, 4) is 0 Å². The average molecular weight is 528 g/mol. The molecule has 0 bridgehead atoms. The van der Waals surface area contributed by atoms with Gasteiger partial charge in [0.05, 0.1) is 5.69 Å². The van der Waals surface area contributed by atoms with Crippen LogP contribution in [-0.2, 0) is 13.0 Å². The first kappa shape index (κ1) is 28.2. The number of aromatic nitrogens is 3. The van der Waals surface area contributed by atoms with Gasteiger partial charge >= 0.3 is 194 Å². The molecule has 0 N–H and O–H groups in total. The summed E-state index contributed by atoms with van der Waals surface area (Å²) in [7, 11) is -2.06. The van der Waals surface area contributed by atoms with Crippen molar-refractivity contribution in [3.63, 3.8) is 0 Å². The number of aryl methyl sites for hydroxylation is 2. The summed E-state index contributed by atoms with van der Waals surface area (Å²) in [6.45, 7) is 3.23. The van der Waals surface area contributed by atoms with Gasteiger partial charge in [-0.25, -0.2) is 0 Å². The molecule has 0 amide bonds. The summed E-state index contributed by atoms with van der Waals surface area (Å²) in [4.78, 5) is 0. The van der Waals surface area contributed by atoms with Crippen molar-refractivity contribution in [2.75, 3.05) is 6.16 Å². The summed E-state index contributed by atoms with van der Waals surface area (Å²) < 4.78 is 2.04. The molecular weight excluding hydrogens is 481 g/mol. The number of nitrogens with zero attached hydrogens (tertiary/aromatic N) is 3. The standard InChI is InChI=1S/C34H46N3P/c1-2-3-21-31-30-37(36-35-31)28-19-8-6-4-5-7-9-20-29-38(32-22-13-10-14-23-32,33-24-15-11-16-25-33)34-26-17-12-18-27-34/h10-18,22-27,30,38H,2-9,19-21,28-29H2,1H3. The SMILES string of the molecule is CCCCc1cn(CCCCCCCCCC[PH](c2ccccc2)(c2ccccc2)c2ccccc2)nn1. The molecule has 0 aliphatic carbocycles. The van der Waals surface area contributed by atoms with Crippen molar-refractivity contribution in [1.82, 2.24) is 15.0 Å². The minimum absolute atomic E-state index is 1.00. The van der Waals surface area contributed by atoms with Crippen molar-refractivity contribution < 1.29 is 0 Å². The Hall–Kier alpha value is -2.77. The van der Waals surface area contributed by atoms with E-state index in [1.54, 1.807) is 0 Å². The van der Waals surface area contributed by atoms with Crippen LogP contribution in [0.3, 0.4) is 0 Å². The summed E-state index contributed by atoms with van der Waals surface area (Å²) in [5.41, 5.74) is 1.14. The molecular formula is C34H46N3P. The Balaban J connectivity index is 1.24. The Labute approximate surface area is 231 Å². The Kier molecular flexibility index (Phi) is 11.6. The van der Waals surface area contributed by atoms with Gasteiger partial charge in [0.1, 0.15) is 0 Å². The third kappa shape index (κ3) is 7.87. The second-order valence-electron chi connectivity index (χ2n) is 10.7. The van der Waals surface area contributed by atoms with Gasteiger partial charge in [-0.2, -0.15) is 0 Å². The molecule has 3 aromatic carbocycles. The zero-order chi connectivity index (χ0) is 26.3. The van der Waals surface area contributed by atoms with E-state index in [9.17, 15) is 0 Å². The predicted molar refractivity (Wildman–Crippen MR) is 167 cm³/mol. The van der Waals surface area contributed by atoms with Gasteiger partial charge < -0.3 is 0 Å². The quantitative estimate of drug-likeness (QED) is 0.105. The van der Waals surface area contributed by atoms with Gasteiger partial charge in [-0.15, -0.1) is 5.10 Å². The van der Waals surface area contributed by atoms with E-state index < -0.39 is 7.26 Å². The fourth-order valence-electron chi connectivity index (χ4n) is 5.75. The fraction of sp³-hybridized carbons (Fsp3) is 0.412. The molecule has 0 unspecified atom stereocenters. The smallest absolute Gasteiger partial charge is 0.135 e. The van der Waals surface area contributed by atoms with Gasteiger partial charge in [0.2, 0.25) is 0 Å². The Morgan fingerprint density at radius 1 is 0.579 bits per heavy atom. The second-order valence-corrected chi connectivity index (χ2v) is 14.7. The molecule has 0 aliphatic heterocycles. The minimum Gasteiger partial charge on any atom is -0.135 e. The molecule has 0 atom stereocenters. The Bertz CT molecular complexity index is 1060. The molecule has 1 aromatic heterocycles. The normalized spacial score (nSPS) is 12.0. The first-order valence-corrected chi connectivity index (χ1v) is 17.1. The van der Waals surface area contributed by atoms with Crippen LogP contribution in [0.2, 0.25) is 0 Å². The zero-order valence-corrected chi connectivity index (χ0v) is 24.3. The second kappa shape index (κ2) is 15.6. The number of unbranched alkanes of at least 4 members (excludes halogenated alkanes) is 8. The predicted octanol–water partition coefficient (Wildman–Crippen LogP) is 7.47. The van der Waals surface area contributed by atoms with E-state index in [-0.39, 0.29) is 0 Å². The van der Waals surface area contributed by atoms with Gasteiger partial charge in [-0.1, -0.05) is 13.3 Å². The molecule has 38 heavy (non-hydrogen) atoms. The Morgan fingerprint density at radius 3 is 1.55 bits per heavy atom. The Morgan fingerprint density at radius 2 is 1.05 bits per heavy atom. The average Bonchev–Trinajstić information content (AvgIpc) is 3.44. The summed E-state index contributed by atoms with van der Waals surface area (Å²) >= 11 is 0. The van der Waals surface area contributed by atoms with Crippen LogP contribution in [0.25, 0.3) is 0 Å². The molecule has 4 heteroatoms. The molecule has 3 nitrogen and oxygen atoms in total. The van der Waals surface area contributed by atoms with Crippen molar-refractivity contribution in [1.29, 1.82) is 0 Å². The van der Waals surface area contributed by atoms with Crippen LogP contribution in [-0.4, -0.2) is 21.2 Å². The first-order chi connectivity index (χ1) is 18.8. The van der Waals surface area contributed by atoms with Gasteiger partial charge in [0.15, 0.2) is 0 Å². The van der Waals surface area contributed by atoms with E-state index >= 15 is 0 Å².